The standard InChI is InChI=1S/C29H48N2P2Si/c1-34(2,3)22-8-9-23(28-16-19-12-20(17-28)14-21(13-19)25(28)18-32)24(15-22)29(33,26-6-4-10-30-26)27-7-5-11-31-27/h8-9,15,19-21,25-27,30-31H,4-7,10-14,16-18,32-33H2,1-3H3. The molecule has 188 valence electrons. The van der Waals surface area contributed by atoms with Gasteiger partial charge in [-0.1, -0.05) is 43.0 Å². The van der Waals surface area contributed by atoms with Crippen LogP contribution in [0.5, 0.6) is 0 Å². The Balaban J connectivity index is 1.56. The van der Waals surface area contributed by atoms with Gasteiger partial charge in [0, 0.05) is 17.2 Å². The van der Waals surface area contributed by atoms with Gasteiger partial charge in [-0.15, -0.1) is 18.5 Å². The third-order valence-corrected chi connectivity index (χ3v) is 14.6. The van der Waals surface area contributed by atoms with Crippen LogP contribution in [0.3, 0.4) is 0 Å². The molecule has 34 heavy (non-hydrogen) atoms. The molecule has 7 atom stereocenters. The van der Waals surface area contributed by atoms with Gasteiger partial charge in [0.1, 0.15) is 0 Å². The van der Waals surface area contributed by atoms with Crippen LogP contribution in [0.1, 0.15) is 68.9 Å². The Hall–Kier alpha value is 0.217. The van der Waals surface area contributed by atoms with Gasteiger partial charge in [0.25, 0.3) is 0 Å². The molecule has 2 heterocycles. The van der Waals surface area contributed by atoms with Crippen molar-refractivity contribution in [1.82, 2.24) is 10.6 Å². The largest absolute Gasteiger partial charge is 0.313 e. The van der Waals surface area contributed by atoms with E-state index in [4.69, 9.17) is 0 Å². The van der Waals surface area contributed by atoms with Crippen molar-refractivity contribution in [3.63, 3.8) is 0 Å². The average Bonchev–Trinajstić information content (AvgIpc) is 3.52. The van der Waals surface area contributed by atoms with Crippen LogP contribution in [0.4, 0.5) is 0 Å². The second-order valence-electron chi connectivity index (χ2n) is 13.8. The van der Waals surface area contributed by atoms with Crippen molar-refractivity contribution >= 4 is 31.7 Å². The number of nitrogens with one attached hydrogen (secondary N) is 2. The molecule has 5 heteroatoms. The Labute approximate surface area is 214 Å². The van der Waals surface area contributed by atoms with Gasteiger partial charge in [0.15, 0.2) is 0 Å². The van der Waals surface area contributed by atoms with E-state index in [2.05, 4.69) is 67.0 Å². The quantitative estimate of drug-likeness (QED) is 0.394. The molecule has 1 aromatic carbocycles. The van der Waals surface area contributed by atoms with Crippen LogP contribution in [0.15, 0.2) is 18.2 Å². The highest BCUT2D eigenvalue weighted by atomic mass is 31.0. The Morgan fingerprint density at radius 1 is 0.971 bits per heavy atom. The summed E-state index contributed by atoms with van der Waals surface area (Å²) >= 11 is 0. The number of rotatable bonds is 6. The predicted octanol–water partition coefficient (Wildman–Crippen LogP) is 5.38. The number of benzene rings is 1. The lowest BCUT2D eigenvalue weighted by Gasteiger charge is -2.62. The summed E-state index contributed by atoms with van der Waals surface area (Å²) in [5, 5.41) is 9.75. The summed E-state index contributed by atoms with van der Waals surface area (Å²) in [6.45, 7) is 9.97. The van der Waals surface area contributed by atoms with E-state index >= 15 is 0 Å². The molecule has 6 aliphatic rings. The Morgan fingerprint density at radius 2 is 1.59 bits per heavy atom. The van der Waals surface area contributed by atoms with Gasteiger partial charge < -0.3 is 10.6 Å². The summed E-state index contributed by atoms with van der Waals surface area (Å²) in [4.78, 5) is 0. The van der Waals surface area contributed by atoms with Crippen molar-refractivity contribution in [2.24, 2.45) is 23.7 Å². The minimum Gasteiger partial charge on any atom is -0.313 e. The fourth-order valence-electron chi connectivity index (χ4n) is 9.59. The molecule has 7 rings (SSSR count). The summed E-state index contributed by atoms with van der Waals surface area (Å²) in [6.07, 6.45) is 14.0. The van der Waals surface area contributed by atoms with Crippen molar-refractivity contribution < 1.29 is 0 Å². The molecule has 1 aromatic rings. The molecular weight excluding hydrogens is 466 g/mol. The van der Waals surface area contributed by atoms with Crippen molar-refractivity contribution in [1.29, 1.82) is 0 Å². The van der Waals surface area contributed by atoms with Crippen LogP contribution in [0.2, 0.25) is 19.6 Å². The fourth-order valence-corrected chi connectivity index (χ4v) is 12.4. The minimum absolute atomic E-state index is 0.0900. The van der Waals surface area contributed by atoms with E-state index in [-0.39, 0.29) is 5.16 Å². The van der Waals surface area contributed by atoms with Gasteiger partial charge in [0.05, 0.1) is 8.07 Å². The van der Waals surface area contributed by atoms with Crippen molar-refractivity contribution in [2.45, 2.75) is 100 Å². The van der Waals surface area contributed by atoms with Crippen LogP contribution in [-0.2, 0) is 10.6 Å². The van der Waals surface area contributed by atoms with Crippen LogP contribution < -0.4 is 15.8 Å². The molecule has 2 aliphatic heterocycles. The third kappa shape index (κ3) is 3.77. The molecule has 0 spiro atoms. The highest BCUT2D eigenvalue weighted by Crippen LogP contribution is 2.65. The lowest BCUT2D eigenvalue weighted by Crippen LogP contribution is -2.58. The maximum absolute atomic E-state index is 4.00. The second kappa shape index (κ2) is 8.91. The van der Waals surface area contributed by atoms with Crippen LogP contribution in [0.25, 0.3) is 0 Å². The highest BCUT2D eigenvalue weighted by Gasteiger charge is 2.59. The monoisotopic (exact) mass is 514 g/mol. The van der Waals surface area contributed by atoms with Gasteiger partial charge in [-0.2, -0.15) is 0 Å². The normalized spacial score (nSPS) is 41.2. The zero-order chi connectivity index (χ0) is 23.7. The van der Waals surface area contributed by atoms with Gasteiger partial charge in [-0.05, 0) is 117 Å². The molecule has 6 fully saturated rings. The van der Waals surface area contributed by atoms with Crippen LogP contribution in [-0.4, -0.2) is 39.4 Å². The number of hydrogen-bond donors (Lipinski definition) is 2. The zero-order valence-corrected chi connectivity index (χ0v) is 25.1. The molecule has 0 aromatic heterocycles. The predicted molar refractivity (Wildman–Crippen MR) is 156 cm³/mol. The van der Waals surface area contributed by atoms with Gasteiger partial charge in [0.2, 0.25) is 0 Å². The summed E-state index contributed by atoms with van der Waals surface area (Å²) in [6, 6.07) is 9.15. The van der Waals surface area contributed by atoms with E-state index in [1.165, 1.54) is 77.0 Å². The molecule has 4 saturated carbocycles. The van der Waals surface area contributed by atoms with E-state index < -0.39 is 8.07 Å². The Bertz CT molecular complexity index is 885. The van der Waals surface area contributed by atoms with Gasteiger partial charge in [-0.25, -0.2) is 0 Å². The van der Waals surface area contributed by atoms with E-state index in [0.29, 0.717) is 17.5 Å². The lowest BCUT2D eigenvalue weighted by molar-refractivity contribution is -0.0524. The molecule has 0 radical (unpaired) electrons. The summed E-state index contributed by atoms with van der Waals surface area (Å²) < 4.78 is 0. The van der Waals surface area contributed by atoms with Crippen LogP contribution >= 0.6 is 18.5 Å². The van der Waals surface area contributed by atoms with E-state index in [0.717, 1.165) is 23.7 Å². The second-order valence-corrected chi connectivity index (χ2v) is 20.4. The fraction of sp³-hybridized carbons (Fsp3) is 0.793. The van der Waals surface area contributed by atoms with Crippen LogP contribution in [0, 0.1) is 23.7 Å². The molecule has 2 nitrogen and oxygen atoms in total. The minimum atomic E-state index is -1.41. The highest BCUT2D eigenvalue weighted by molar-refractivity contribution is 7.18. The van der Waals surface area contributed by atoms with E-state index in [1.54, 1.807) is 16.3 Å². The lowest BCUT2D eigenvalue weighted by atomic mass is 9.43. The van der Waals surface area contributed by atoms with Crippen molar-refractivity contribution in [3.8, 4) is 0 Å². The maximum Gasteiger partial charge on any atom is 0.0776 e. The van der Waals surface area contributed by atoms with E-state index in [1.807, 2.05) is 0 Å². The summed E-state index contributed by atoms with van der Waals surface area (Å²) in [5.41, 5.74) is 3.91. The maximum atomic E-state index is 4.00. The molecule has 7 unspecified atom stereocenters. The zero-order valence-electron chi connectivity index (χ0n) is 21.8. The Morgan fingerprint density at radius 3 is 2.09 bits per heavy atom. The smallest absolute Gasteiger partial charge is 0.0776 e. The molecule has 2 N–H and O–H groups in total. The first-order valence-corrected chi connectivity index (χ1v) is 19.3. The third-order valence-electron chi connectivity index (χ3n) is 10.9. The molecule has 4 aliphatic carbocycles. The van der Waals surface area contributed by atoms with Gasteiger partial charge in [-0.3, -0.25) is 0 Å². The first-order valence-electron chi connectivity index (χ1n) is 14.4. The topological polar surface area (TPSA) is 24.1 Å². The number of hydrogen-bond acceptors (Lipinski definition) is 2. The Kier molecular flexibility index (Phi) is 6.43. The average molecular weight is 515 g/mol. The summed E-state index contributed by atoms with van der Waals surface area (Å²) in [7, 11) is 5.32. The SMILES string of the molecule is C[Si](C)(C)c1ccc(C23CC4CC(CC(C4)C2CP)C3)c(C(P)(C2CCCN2)C2CCCN2)c1. The first kappa shape index (κ1) is 24.5. The summed E-state index contributed by atoms with van der Waals surface area (Å²) in [5.74, 6) is 3.76. The van der Waals surface area contributed by atoms with Crippen molar-refractivity contribution in [2.75, 3.05) is 19.3 Å². The molecule has 4 bridgehead atoms. The molecule has 0 amide bonds. The van der Waals surface area contributed by atoms with Gasteiger partial charge >= 0.3 is 0 Å². The molecular formula is C29H48N2P2Si. The molecule has 2 saturated heterocycles. The van der Waals surface area contributed by atoms with Crippen molar-refractivity contribution in [3.05, 3.63) is 29.3 Å². The van der Waals surface area contributed by atoms with E-state index in [9.17, 15) is 0 Å². The first-order chi connectivity index (χ1) is 16.3.